The van der Waals surface area contributed by atoms with Gasteiger partial charge in [-0.2, -0.15) is 0 Å². The fourth-order valence-corrected chi connectivity index (χ4v) is 4.00. The van der Waals surface area contributed by atoms with Gasteiger partial charge in [-0.25, -0.2) is 0 Å². The standard InChI is InChI=1S/C24H32N2O3S/c1-4-15-25-24(28)22(5-2)26(16-19-9-7-6-8-10-19)23(27)18-30-17-20-11-13-21(29-3)14-12-20/h6-14,22H,4-5,15-18H2,1-3H3,(H,25,28)/t22-/m0/s1. The van der Waals surface area contributed by atoms with E-state index < -0.39 is 6.04 Å². The molecule has 0 aromatic heterocycles. The first-order valence-corrected chi connectivity index (χ1v) is 11.6. The maximum Gasteiger partial charge on any atom is 0.242 e. The largest absolute Gasteiger partial charge is 0.497 e. The van der Waals surface area contributed by atoms with Crippen molar-refractivity contribution in [2.75, 3.05) is 19.4 Å². The molecule has 2 aromatic rings. The summed E-state index contributed by atoms with van der Waals surface area (Å²) >= 11 is 1.56. The van der Waals surface area contributed by atoms with Crippen LogP contribution in [0.25, 0.3) is 0 Å². The van der Waals surface area contributed by atoms with E-state index in [-0.39, 0.29) is 11.8 Å². The molecule has 0 aliphatic rings. The molecule has 30 heavy (non-hydrogen) atoms. The van der Waals surface area contributed by atoms with Crippen LogP contribution in [0.1, 0.15) is 37.8 Å². The Hall–Kier alpha value is -2.47. The van der Waals surface area contributed by atoms with Crippen LogP contribution < -0.4 is 10.1 Å². The first-order chi connectivity index (χ1) is 14.6. The van der Waals surface area contributed by atoms with Crippen LogP contribution in [-0.2, 0) is 21.9 Å². The minimum Gasteiger partial charge on any atom is -0.497 e. The molecule has 0 aliphatic carbocycles. The molecule has 6 heteroatoms. The number of nitrogens with one attached hydrogen (secondary N) is 1. The number of benzene rings is 2. The zero-order chi connectivity index (χ0) is 21.8. The highest BCUT2D eigenvalue weighted by Gasteiger charge is 2.28. The highest BCUT2D eigenvalue weighted by Crippen LogP contribution is 2.19. The topological polar surface area (TPSA) is 58.6 Å². The third-order valence-electron chi connectivity index (χ3n) is 4.78. The normalized spacial score (nSPS) is 11.6. The van der Waals surface area contributed by atoms with Gasteiger partial charge in [0.2, 0.25) is 11.8 Å². The monoisotopic (exact) mass is 428 g/mol. The summed E-state index contributed by atoms with van der Waals surface area (Å²) in [6.45, 7) is 5.02. The lowest BCUT2D eigenvalue weighted by Crippen LogP contribution is -2.49. The zero-order valence-electron chi connectivity index (χ0n) is 18.1. The predicted molar refractivity (Wildman–Crippen MR) is 124 cm³/mol. The number of carbonyl (C=O) groups is 2. The fourth-order valence-electron chi connectivity index (χ4n) is 3.13. The van der Waals surface area contributed by atoms with Crippen molar-refractivity contribution in [1.82, 2.24) is 10.2 Å². The predicted octanol–water partition coefficient (Wildman–Crippen LogP) is 4.26. The van der Waals surface area contributed by atoms with E-state index in [4.69, 9.17) is 4.74 Å². The minimum absolute atomic E-state index is 0.0177. The summed E-state index contributed by atoms with van der Waals surface area (Å²) in [6.07, 6.45) is 1.45. The van der Waals surface area contributed by atoms with E-state index >= 15 is 0 Å². The molecule has 5 nitrogen and oxygen atoms in total. The number of carbonyl (C=O) groups excluding carboxylic acids is 2. The number of methoxy groups -OCH3 is 1. The average molecular weight is 429 g/mol. The van der Waals surface area contributed by atoms with Crippen molar-refractivity contribution in [2.24, 2.45) is 0 Å². The minimum atomic E-state index is -0.467. The van der Waals surface area contributed by atoms with E-state index in [2.05, 4.69) is 5.32 Å². The molecule has 0 radical (unpaired) electrons. The molecule has 0 spiro atoms. The lowest BCUT2D eigenvalue weighted by molar-refractivity contribution is -0.139. The van der Waals surface area contributed by atoms with Crippen LogP contribution in [0.3, 0.4) is 0 Å². The summed E-state index contributed by atoms with van der Waals surface area (Å²) in [5, 5.41) is 2.95. The third kappa shape index (κ3) is 7.41. The van der Waals surface area contributed by atoms with Gasteiger partial charge in [-0.05, 0) is 36.1 Å². The Morgan fingerprint density at radius 1 is 1.03 bits per heavy atom. The van der Waals surface area contributed by atoms with Crippen molar-refractivity contribution in [3.05, 3.63) is 65.7 Å². The van der Waals surface area contributed by atoms with Gasteiger partial charge in [-0.1, -0.05) is 56.3 Å². The Labute approximate surface area is 184 Å². The van der Waals surface area contributed by atoms with Crippen LogP contribution in [-0.4, -0.2) is 42.2 Å². The Kier molecular flexibility index (Phi) is 10.3. The molecule has 2 aromatic carbocycles. The lowest BCUT2D eigenvalue weighted by Gasteiger charge is -2.30. The SMILES string of the molecule is CCCNC(=O)[C@H](CC)N(Cc1ccccc1)C(=O)CSCc1ccc(OC)cc1. The van der Waals surface area contributed by atoms with Gasteiger partial charge in [0.25, 0.3) is 0 Å². The van der Waals surface area contributed by atoms with E-state index in [1.54, 1.807) is 23.8 Å². The number of hydrogen-bond donors (Lipinski definition) is 1. The van der Waals surface area contributed by atoms with Crippen molar-refractivity contribution in [1.29, 1.82) is 0 Å². The second-order valence-corrected chi connectivity index (χ2v) is 8.05. The van der Waals surface area contributed by atoms with E-state index in [9.17, 15) is 9.59 Å². The van der Waals surface area contributed by atoms with Gasteiger partial charge in [0, 0.05) is 18.8 Å². The molecule has 0 saturated carbocycles. The van der Waals surface area contributed by atoms with Crippen molar-refractivity contribution in [3.63, 3.8) is 0 Å². The van der Waals surface area contributed by atoms with Crippen molar-refractivity contribution in [3.8, 4) is 5.75 Å². The van der Waals surface area contributed by atoms with Gasteiger partial charge < -0.3 is 15.0 Å². The maximum absolute atomic E-state index is 13.1. The molecular weight excluding hydrogens is 396 g/mol. The summed E-state index contributed by atoms with van der Waals surface area (Å²) in [4.78, 5) is 27.5. The Balaban J connectivity index is 2.05. The average Bonchev–Trinajstić information content (AvgIpc) is 2.78. The molecule has 0 heterocycles. The van der Waals surface area contributed by atoms with Crippen LogP contribution in [0.2, 0.25) is 0 Å². The fraction of sp³-hybridized carbons (Fsp3) is 0.417. The second kappa shape index (κ2) is 13.0. The number of rotatable bonds is 12. The number of nitrogens with zero attached hydrogens (tertiary/aromatic N) is 1. The van der Waals surface area contributed by atoms with Gasteiger partial charge in [0.1, 0.15) is 11.8 Å². The van der Waals surface area contributed by atoms with Crippen molar-refractivity contribution >= 4 is 23.6 Å². The Morgan fingerprint density at radius 2 is 1.73 bits per heavy atom. The molecule has 0 fully saturated rings. The van der Waals surface area contributed by atoms with Gasteiger partial charge in [0.05, 0.1) is 12.9 Å². The van der Waals surface area contributed by atoms with E-state index in [1.165, 1.54) is 0 Å². The molecule has 0 unspecified atom stereocenters. The molecule has 2 amide bonds. The molecule has 162 valence electrons. The number of amides is 2. The summed E-state index contributed by atoms with van der Waals surface area (Å²) in [5.74, 6) is 1.78. The molecule has 1 N–H and O–H groups in total. The first kappa shape index (κ1) is 23.8. The van der Waals surface area contributed by atoms with E-state index in [1.807, 2.05) is 68.4 Å². The van der Waals surface area contributed by atoms with Crippen LogP contribution in [0.4, 0.5) is 0 Å². The molecule has 0 aliphatic heterocycles. The quantitative estimate of drug-likeness (QED) is 0.549. The molecule has 0 saturated heterocycles. The number of ether oxygens (including phenoxy) is 1. The molecular formula is C24H32N2O3S. The summed E-state index contributed by atoms with van der Waals surface area (Å²) in [6, 6.07) is 17.2. The summed E-state index contributed by atoms with van der Waals surface area (Å²) < 4.78 is 5.18. The lowest BCUT2D eigenvalue weighted by atomic mass is 10.1. The third-order valence-corrected chi connectivity index (χ3v) is 5.77. The number of thioether (sulfide) groups is 1. The second-order valence-electron chi connectivity index (χ2n) is 7.06. The molecule has 2 rings (SSSR count). The van der Waals surface area contributed by atoms with Crippen molar-refractivity contribution in [2.45, 2.75) is 45.0 Å². The Morgan fingerprint density at radius 3 is 2.33 bits per heavy atom. The van der Waals surface area contributed by atoms with E-state index in [0.29, 0.717) is 25.3 Å². The van der Waals surface area contributed by atoms with Gasteiger partial charge in [-0.15, -0.1) is 11.8 Å². The zero-order valence-corrected chi connectivity index (χ0v) is 18.9. The molecule has 1 atom stereocenters. The van der Waals surface area contributed by atoms with Crippen LogP contribution >= 0.6 is 11.8 Å². The van der Waals surface area contributed by atoms with Crippen LogP contribution in [0.15, 0.2) is 54.6 Å². The highest BCUT2D eigenvalue weighted by atomic mass is 32.2. The Bertz CT molecular complexity index is 781. The van der Waals surface area contributed by atoms with E-state index in [0.717, 1.165) is 29.1 Å². The first-order valence-electron chi connectivity index (χ1n) is 10.4. The van der Waals surface area contributed by atoms with Crippen molar-refractivity contribution < 1.29 is 14.3 Å². The highest BCUT2D eigenvalue weighted by molar-refractivity contribution is 7.99. The summed E-state index contributed by atoms with van der Waals surface area (Å²) in [7, 11) is 1.64. The molecule has 0 bridgehead atoms. The van der Waals surface area contributed by atoms with Gasteiger partial charge >= 0.3 is 0 Å². The summed E-state index contributed by atoms with van der Waals surface area (Å²) in [5.41, 5.74) is 2.16. The van der Waals surface area contributed by atoms with Crippen LogP contribution in [0, 0.1) is 0 Å². The smallest absolute Gasteiger partial charge is 0.242 e. The number of hydrogen-bond acceptors (Lipinski definition) is 4. The van der Waals surface area contributed by atoms with Crippen LogP contribution in [0.5, 0.6) is 5.75 Å². The van der Waals surface area contributed by atoms with Gasteiger partial charge in [-0.3, -0.25) is 9.59 Å². The maximum atomic E-state index is 13.1. The van der Waals surface area contributed by atoms with Gasteiger partial charge in [0.15, 0.2) is 0 Å².